The topological polar surface area (TPSA) is 51.5 Å². The Bertz CT molecular complexity index is 1340. The number of ether oxygens (including phenoxy) is 1. The molecule has 0 spiro atoms. The molecule has 0 aliphatic carbocycles. The first-order valence-corrected chi connectivity index (χ1v) is 9.86. The van der Waals surface area contributed by atoms with Crippen molar-refractivity contribution in [2.75, 3.05) is 18.6 Å². The molecule has 4 aromatic rings. The molecule has 1 aliphatic rings. The van der Waals surface area contributed by atoms with E-state index in [1.54, 1.807) is 30.3 Å². The number of pyridine rings is 1. The zero-order chi connectivity index (χ0) is 20.7. The predicted molar refractivity (Wildman–Crippen MR) is 118 cm³/mol. The molecule has 0 N–H and O–H groups in total. The Morgan fingerprint density at radius 3 is 2.53 bits per heavy atom. The van der Waals surface area contributed by atoms with E-state index in [-0.39, 0.29) is 11.5 Å². The van der Waals surface area contributed by atoms with Crippen LogP contribution in [-0.4, -0.2) is 24.1 Å². The van der Waals surface area contributed by atoms with Gasteiger partial charge in [0.15, 0.2) is 0 Å². The zero-order valence-electron chi connectivity index (χ0n) is 16.5. The van der Waals surface area contributed by atoms with E-state index >= 15 is 0 Å². The van der Waals surface area contributed by atoms with E-state index in [4.69, 9.17) is 4.74 Å². The van der Waals surface area contributed by atoms with E-state index in [0.29, 0.717) is 34.3 Å². The zero-order valence-corrected chi connectivity index (χ0v) is 16.5. The average molecular weight is 396 g/mol. The van der Waals surface area contributed by atoms with Crippen LogP contribution >= 0.6 is 0 Å². The number of methoxy groups -OCH3 is 1. The van der Waals surface area contributed by atoms with Crippen LogP contribution in [0.5, 0.6) is 5.75 Å². The van der Waals surface area contributed by atoms with Gasteiger partial charge in [-0.05, 0) is 36.2 Å². The van der Waals surface area contributed by atoms with Crippen molar-refractivity contribution in [1.29, 1.82) is 0 Å². The van der Waals surface area contributed by atoms with Crippen LogP contribution in [-0.2, 0) is 6.42 Å². The van der Waals surface area contributed by atoms with E-state index in [2.05, 4.69) is 6.07 Å². The number of nitrogens with zero attached hydrogens (tertiary/aromatic N) is 2. The fourth-order valence-corrected chi connectivity index (χ4v) is 4.11. The van der Waals surface area contributed by atoms with E-state index < -0.39 is 0 Å². The van der Waals surface area contributed by atoms with Gasteiger partial charge in [-0.3, -0.25) is 14.2 Å². The molecule has 1 amide bonds. The van der Waals surface area contributed by atoms with Gasteiger partial charge in [0.1, 0.15) is 5.75 Å². The number of carbonyl (C=O) groups is 1. The minimum atomic E-state index is -0.169. The number of carbonyl (C=O) groups excluding carboxylic acids is 1. The van der Waals surface area contributed by atoms with Crippen LogP contribution in [0.4, 0.5) is 5.69 Å². The fraction of sp³-hybridized carbons (Fsp3) is 0.120. The molecule has 0 saturated carbocycles. The van der Waals surface area contributed by atoms with Gasteiger partial charge in [0, 0.05) is 35.3 Å². The summed E-state index contributed by atoms with van der Waals surface area (Å²) < 4.78 is 6.84. The molecule has 0 radical (unpaired) electrons. The first-order valence-electron chi connectivity index (χ1n) is 9.86. The Balaban J connectivity index is 1.71. The Morgan fingerprint density at radius 2 is 1.70 bits per heavy atom. The second kappa shape index (κ2) is 7.19. The maximum Gasteiger partial charge on any atom is 0.262 e. The molecule has 0 atom stereocenters. The number of anilines is 1. The van der Waals surface area contributed by atoms with Crippen molar-refractivity contribution in [2.24, 2.45) is 0 Å². The maximum atomic E-state index is 13.6. The molecule has 0 unspecified atom stereocenters. The second-order valence-corrected chi connectivity index (χ2v) is 7.30. The summed E-state index contributed by atoms with van der Waals surface area (Å²) in [6.45, 7) is 0.630. The molecule has 5 rings (SSSR count). The monoisotopic (exact) mass is 396 g/mol. The second-order valence-electron chi connectivity index (χ2n) is 7.30. The molecule has 0 saturated heterocycles. The van der Waals surface area contributed by atoms with Crippen LogP contribution in [0.1, 0.15) is 15.9 Å². The van der Waals surface area contributed by atoms with Crippen LogP contribution in [0.2, 0.25) is 0 Å². The van der Waals surface area contributed by atoms with Gasteiger partial charge in [-0.1, -0.05) is 42.5 Å². The average Bonchev–Trinajstić information content (AvgIpc) is 3.23. The molecule has 0 fully saturated rings. The van der Waals surface area contributed by atoms with Gasteiger partial charge in [0.05, 0.1) is 18.4 Å². The van der Waals surface area contributed by atoms with Gasteiger partial charge in [-0.15, -0.1) is 0 Å². The summed E-state index contributed by atoms with van der Waals surface area (Å²) in [5.74, 6) is 0.543. The lowest BCUT2D eigenvalue weighted by Crippen LogP contribution is -2.31. The Hall–Kier alpha value is -3.86. The highest BCUT2D eigenvalue weighted by molar-refractivity contribution is 6.14. The lowest BCUT2D eigenvalue weighted by Gasteiger charge is -2.20. The van der Waals surface area contributed by atoms with Gasteiger partial charge in [0.2, 0.25) is 0 Å². The van der Waals surface area contributed by atoms with Crippen LogP contribution in [0.3, 0.4) is 0 Å². The van der Waals surface area contributed by atoms with Gasteiger partial charge in [-0.25, -0.2) is 0 Å². The van der Waals surface area contributed by atoms with E-state index in [9.17, 15) is 9.59 Å². The van der Waals surface area contributed by atoms with Gasteiger partial charge in [0.25, 0.3) is 11.5 Å². The summed E-state index contributed by atoms with van der Waals surface area (Å²) in [6, 6.07) is 22.5. The minimum absolute atomic E-state index is 0.104. The van der Waals surface area contributed by atoms with Crippen molar-refractivity contribution in [3.05, 3.63) is 100 Å². The van der Waals surface area contributed by atoms with E-state index in [1.165, 1.54) is 4.57 Å². The lowest BCUT2D eigenvalue weighted by atomic mass is 10.1. The maximum absolute atomic E-state index is 13.6. The molecular weight excluding hydrogens is 376 g/mol. The van der Waals surface area contributed by atoms with Crippen LogP contribution in [0.15, 0.2) is 83.8 Å². The van der Waals surface area contributed by atoms with Gasteiger partial charge < -0.3 is 9.64 Å². The molecule has 30 heavy (non-hydrogen) atoms. The van der Waals surface area contributed by atoms with E-state index in [1.807, 2.05) is 54.6 Å². The molecule has 5 heteroatoms. The molecule has 3 aromatic carbocycles. The molecule has 2 heterocycles. The molecule has 5 nitrogen and oxygen atoms in total. The van der Waals surface area contributed by atoms with Crippen molar-refractivity contribution >= 4 is 22.4 Å². The van der Waals surface area contributed by atoms with Crippen molar-refractivity contribution < 1.29 is 9.53 Å². The van der Waals surface area contributed by atoms with Crippen LogP contribution in [0.25, 0.3) is 16.5 Å². The molecular formula is C25H20N2O3. The summed E-state index contributed by atoms with van der Waals surface area (Å²) >= 11 is 0. The summed E-state index contributed by atoms with van der Waals surface area (Å²) in [5.41, 5.74) is 3.09. The van der Waals surface area contributed by atoms with E-state index in [0.717, 1.165) is 17.7 Å². The number of hydrogen-bond donors (Lipinski definition) is 0. The summed E-state index contributed by atoms with van der Waals surface area (Å²) in [5, 5.41) is 1.18. The Labute approximate surface area is 173 Å². The first kappa shape index (κ1) is 18.2. The highest BCUT2D eigenvalue weighted by Gasteiger charge is 2.27. The number of para-hydroxylation sites is 1. The highest BCUT2D eigenvalue weighted by Crippen LogP contribution is 2.30. The number of benzene rings is 3. The van der Waals surface area contributed by atoms with Crippen molar-refractivity contribution in [3.63, 3.8) is 0 Å². The SMILES string of the molecule is COc1cccc(-n2cc(C(=O)N3CCc4ccccc43)c3ccccc3c2=O)c1. The largest absolute Gasteiger partial charge is 0.497 e. The Kier molecular flexibility index (Phi) is 4.36. The van der Waals surface area contributed by atoms with Crippen LogP contribution < -0.4 is 15.2 Å². The van der Waals surface area contributed by atoms with Gasteiger partial charge >= 0.3 is 0 Å². The standard InChI is InChI=1S/C25H20N2O3/c1-30-19-9-6-8-18(15-19)27-16-22(20-10-3-4-11-21(20)24(27)28)25(29)26-14-13-17-7-2-5-12-23(17)26/h2-12,15-16H,13-14H2,1H3. The summed E-state index contributed by atoms with van der Waals surface area (Å²) in [6.07, 6.45) is 2.48. The minimum Gasteiger partial charge on any atom is -0.497 e. The number of hydrogen-bond acceptors (Lipinski definition) is 3. The Morgan fingerprint density at radius 1 is 0.933 bits per heavy atom. The normalized spacial score (nSPS) is 12.8. The number of rotatable bonds is 3. The quantitative estimate of drug-likeness (QED) is 0.521. The first-order chi connectivity index (χ1) is 14.7. The molecule has 0 bridgehead atoms. The highest BCUT2D eigenvalue weighted by atomic mass is 16.5. The van der Waals surface area contributed by atoms with Crippen molar-refractivity contribution in [2.45, 2.75) is 6.42 Å². The molecule has 148 valence electrons. The number of amides is 1. The molecule has 1 aliphatic heterocycles. The van der Waals surface area contributed by atoms with Crippen molar-refractivity contribution in [3.8, 4) is 11.4 Å². The number of aromatic nitrogens is 1. The third-order valence-electron chi connectivity index (χ3n) is 5.62. The van der Waals surface area contributed by atoms with Crippen LogP contribution in [0, 0.1) is 0 Å². The predicted octanol–water partition coefficient (Wildman–Crippen LogP) is 4.20. The number of fused-ring (bicyclic) bond motifs is 2. The molecule has 1 aromatic heterocycles. The third-order valence-corrected chi connectivity index (χ3v) is 5.62. The fourth-order valence-electron chi connectivity index (χ4n) is 4.11. The third kappa shape index (κ3) is 2.87. The van der Waals surface area contributed by atoms with Gasteiger partial charge in [-0.2, -0.15) is 0 Å². The summed E-state index contributed by atoms with van der Waals surface area (Å²) in [4.78, 5) is 28.7. The summed E-state index contributed by atoms with van der Waals surface area (Å²) in [7, 11) is 1.59. The van der Waals surface area contributed by atoms with Crippen molar-refractivity contribution in [1.82, 2.24) is 4.57 Å². The lowest BCUT2D eigenvalue weighted by molar-refractivity contribution is 0.0990. The smallest absolute Gasteiger partial charge is 0.262 e.